The zero-order chi connectivity index (χ0) is 11.9. The summed E-state index contributed by atoms with van der Waals surface area (Å²) in [5.41, 5.74) is -1.55. The van der Waals surface area contributed by atoms with Crippen molar-refractivity contribution in [3.63, 3.8) is 0 Å². The molecule has 0 bridgehead atoms. The smallest absolute Gasteiger partial charge is 0.272 e. The van der Waals surface area contributed by atoms with Gasteiger partial charge in [0.05, 0.1) is 0 Å². The Hall–Kier alpha value is -1.83. The minimum absolute atomic E-state index is 0.214. The summed E-state index contributed by atoms with van der Waals surface area (Å²) in [7, 11) is 0. The highest BCUT2D eigenvalue weighted by atomic mass is 32.1. The standard InChI is InChI=1S/C8H4F3N3OS/c9-3-1-4(10)6(5(11)2-3)14-7(15)12-13-8(14)16/h1-2H,(H,12,15)(H,13,16). The van der Waals surface area contributed by atoms with Gasteiger partial charge in [-0.05, 0) is 12.2 Å². The van der Waals surface area contributed by atoms with Gasteiger partial charge in [-0.2, -0.15) is 0 Å². The molecule has 1 aromatic heterocycles. The van der Waals surface area contributed by atoms with Crippen LogP contribution in [0.25, 0.3) is 5.69 Å². The number of benzene rings is 1. The number of hydrogen-bond acceptors (Lipinski definition) is 2. The Labute approximate surface area is 91.3 Å². The summed E-state index contributed by atoms with van der Waals surface area (Å²) in [4.78, 5) is 11.2. The first-order valence-electron chi connectivity index (χ1n) is 4.05. The van der Waals surface area contributed by atoms with Crippen LogP contribution in [0.15, 0.2) is 16.9 Å². The van der Waals surface area contributed by atoms with Crippen LogP contribution in [-0.4, -0.2) is 14.8 Å². The molecule has 1 heterocycles. The van der Waals surface area contributed by atoms with Gasteiger partial charge in [0, 0.05) is 12.1 Å². The van der Waals surface area contributed by atoms with Gasteiger partial charge in [0.25, 0.3) is 0 Å². The van der Waals surface area contributed by atoms with E-state index in [2.05, 4.69) is 22.4 Å². The first-order valence-corrected chi connectivity index (χ1v) is 4.46. The molecule has 0 fully saturated rings. The number of hydrogen-bond donors (Lipinski definition) is 2. The minimum atomic E-state index is -1.21. The molecule has 0 aliphatic heterocycles. The highest BCUT2D eigenvalue weighted by Crippen LogP contribution is 2.17. The molecule has 0 saturated heterocycles. The molecule has 84 valence electrons. The number of aromatic amines is 2. The number of rotatable bonds is 1. The SMILES string of the molecule is O=c1[nH][nH]c(=S)n1-c1c(F)cc(F)cc1F. The van der Waals surface area contributed by atoms with E-state index >= 15 is 0 Å². The monoisotopic (exact) mass is 247 g/mol. The molecule has 1 aromatic carbocycles. The molecule has 0 unspecified atom stereocenters. The largest absolute Gasteiger partial charge is 0.347 e. The van der Waals surface area contributed by atoms with E-state index in [0.29, 0.717) is 16.7 Å². The second kappa shape index (κ2) is 3.63. The average Bonchev–Trinajstić information content (AvgIpc) is 2.47. The van der Waals surface area contributed by atoms with Crippen molar-refractivity contribution in [1.29, 1.82) is 0 Å². The Morgan fingerprint density at radius 1 is 1.12 bits per heavy atom. The topological polar surface area (TPSA) is 53.6 Å². The Kier molecular flexibility index (Phi) is 2.43. The van der Waals surface area contributed by atoms with Crippen molar-refractivity contribution < 1.29 is 13.2 Å². The van der Waals surface area contributed by atoms with Crippen molar-refractivity contribution >= 4 is 12.2 Å². The lowest BCUT2D eigenvalue weighted by molar-refractivity contribution is 0.532. The Bertz CT molecular complexity index is 607. The fourth-order valence-electron chi connectivity index (χ4n) is 1.26. The van der Waals surface area contributed by atoms with E-state index in [1.165, 1.54) is 0 Å². The van der Waals surface area contributed by atoms with Gasteiger partial charge in [0.15, 0.2) is 11.6 Å². The third-order valence-electron chi connectivity index (χ3n) is 1.89. The molecule has 0 amide bonds. The lowest BCUT2D eigenvalue weighted by Gasteiger charge is -2.03. The molecule has 0 aliphatic carbocycles. The second-order valence-electron chi connectivity index (χ2n) is 2.91. The predicted octanol–water partition coefficient (Wildman–Crippen LogP) is 1.64. The lowest BCUT2D eigenvalue weighted by atomic mass is 10.3. The number of nitrogens with one attached hydrogen (secondary N) is 2. The van der Waals surface area contributed by atoms with E-state index in [1.807, 2.05) is 0 Å². The van der Waals surface area contributed by atoms with Crippen molar-refractivity contribution in [1.82, 2.24) is 14.8 Å². The highest BCUT2D eigenvalue weighted by molar-refractivity contribution is 7.71. The maximum absolute atomic E-state index is 13.3. The van der Waals surface area contributed by atoms with Crippen LogP contribution >= 0.6 is 12.2 Å². The van der Waals surface area contributed by atoms with Crippen molar-refractivity contribution in [3.05, 3.63) is 44.8 Å². The van der Waals surface area contributed by atoms with Crippen LogP contribution in [-0.2, 0) is 0 Å². The summed E-state index contributed by atoms with van der Waals surface area (Å²) in [6, 6.07) is 0.930. The number of H-pyrrole nitrogens is 2. The zero-order valence-corrected chi connectivity index (χ0v) is 8.37. The summed E-state index contributed by atoms with van der Waals surface area (Å²) >= 11 is 4.66. The predicted molar refractivity (Wildman–Crippen MR) is 51.4 cm³/mol. The normalized spacial score (nSPS) is 10.7. The van der Waals surface area contributed by atoms with E-state index in [1.54, 1.807) is 0 Å². The first kappa shape index (κ1) is 10.7. The van der Waals surface area contributed by atoms with Gasteiger partial charge < -0.3 is 0 Å². The molecule has 0 spiro atoms. The van der Waals surface area contributed by atoms with Crippen LogP contribution in [0.5, 0.6) is 0 Å². The number of halogens is 3. The van der Waals surface area contributed by atoms with Gasteiger partial charge in [-0.15, -0.1) is 0 Å². The molecule has 0 aliphatic rings. The molecule has 2 rings (SSSR count). The third kappa shape index (κ3) is 1.56. The lowest BCUT2D eigenvalue weighted by Crippen LogP contribution is -2.17. The fraction of sp³-hybridized carbons (Fsp3) is 0. The Balaban J connectivity index is 2.85. The minimum Gasteiger partial charge on any atom is -0.272 e. The maximum Gasteiger partial charge on any atom is 0.347 e. The van der Waals surface area contributed by atoms with E-state index in [4.69, 9.17) is 0 Å². The molecule has 4 nitrogen and oxygen atoms in total. The second-order valence-corrected chi connectivity index (χ2v) is 3.30. The van der Waals surface area contributed by atoms with Crippen molar-refractivity contribution in [2.45, 2.75) is 0 Å². The highest BCUT2D eigenvalue weighted by Gasteiger charge is 2.16. The summed E-state index contributed by atoms with van der Waals surface area (Å²) in [6.45, 7) is 0. The van der Waals surface area contributed by atoms with Gasteiger partial charge in [0.2, 0.25) is 4.77 Å². The van der Waals surface area contributed by atoms with Gasteiger partial charge >= 0.3 is 5.69 Å². The molecule has 2 aromatic rings. The number of nitrogens with zero attached hydrogens (tertiary/aromatic N) is 1. The molecule has 0 saturated carbocycles. The molecule has 16 heavy (non-hydrogen) atoms. The fourth-order valence-corrected chi connectivity index (χ4v) is 1.49. The van der Waals surface area contributed by atoms with Gasteiger partial charge in [-0.3, -0.25) is 5.10 Å². The maximum atomic E-state index is 13.3. The average molecular weight is 247 g/mol. The van der Waals surface area contributed by atoms with Crippen LogP contribution in [0, 0.1) is 22.2 Å². The van der Waals surface area contributed by atoms with Crippen LogP contribution in [0.1, 0.15) is 0 Å². The Morgan fingerprint density at radius 3 is 2.12 bits per heavy atom. The van der Waals surface area contributed by atoms with Crippen LogP contribution in [0.2, 0.25) is 0 Å². The summed E-state index contributed by atoms with van der Waals surface area (Å²) in [5.74, 6) is -3.49. The van der Waals surface area contributed by atoms with Gasteiger partial charge in [0.1, 0.15) is 11.5 Å². The molecule has 8 heteroatoms. The van der Waals surface area contributed by atoms with E-state index in [9.17, 15) is 18.0 Å². The van der Waals surface area contributed by atoms with Crippen molar-refractivity contribution in [2.75, 3.05) is 0 Å². The summed E-state index contributed by atoms with van der Waals surface area (Å²) in [5, 5.41) is 4.27. The summed E-state index contributed by atoms with van der Waals surface area (Å²) in [6.07, 6.45) is 0. The summed E-state index contributed by atoms with van der Waals surface area (Å²) < 4.78 is 39.6. The molecular formula is C8H4F3N3OS. The quantitative estimate of drug-likeness (QED) is 0.753. The number of aromatic nitrogens is 3. The van der Waals surface area contributed by atoms with Gasteiger partial charge in [-0.1, -0.05) is 0 Å². The van der Waals surface area contributed by atoms with E-state index in [0.717, 1.165) is 0 Å². The van der Waals surface area contributed by atoms with Crippen molar-refractivity contribution in [2.24, 2.45) is 0 Å². The van der Waals surface area contributed by atoms with Crippen molar-refractivity contribution in [3.8, 4) is 5.69 Å². The Morgan fingerprint density at radius 2 is 1.69 bits per heavy atom. The molecule has 0 radical (unpaired) electrons. The molecule has 2 N–H and O–H groups in total. The molecular weight excluding hydrogens is 243 g/mol. The third-order valence-corrected chi connectivity index (χ3v) is 2.17. The first-order chi connectivity index (χ1) is 7.50. The zero-order valence-electron chi connectivity index (χ0n) is 7.55. The van der Waals surface area contributed by atoms with Crippen LogP contribution in [0.3, 0.4) is 0 Å². The molecule has 0 atom stereocenters. The van der Waals surface area contributed by atoms with E-state index < -0.39 is 28.8 Å². The van der Waals surface area contributed by atoms with Gasteiger partial charge in [-0.25, -0.2) is 27.6 Å². The van der Waals surface area contributed by atoms with Crippen LogP contribution in [0.4, 0.5) is 13.2 Å². The van der Waals surface area contributed by atoms with Crippen LogP contribution < -0.4 is 5.69 Å². The van der Waals surface area contributed by atoms with E-state index in [-0.39, 0.29) is 4.77 Å².